The van der Waals surface area contributed by atoms with E-state index >= 15 is 0 Å². The summed E-state index contributed by atoms with van der Waals surface area (Å²) < 4.78 is 6.05. The zero-order chi connectivity index (χ0) is 9.14. The number of aryl methyl sites for hydroxylation is 1. The van der Waals surface area contributed by atoms with E-state index in [0.29, 0.717) is 17.5 Å². The van der Waals surface area contributed by atoms with Gasteiger partial charge in [0, 0.05) is 13.2 Å². The van der Waals surface area contributed by atoms with Gasteiger partial charge in [0.15, 0.2) is 6.29 Å². The Morgan fingerprint density at radius 3 is 2.83 bits per heavy atom. The number of ether oxygens (including phenoxy) is 1. The number of hydrogen-bond donors (Lipinski definition) is 0. The number of nitrogens with zero attached hydrogens (tertiary/aromatic N) is 1. The molecule has 1 heterocycles. The SMILES string of the molecule is COC(=O)c1ccn(C)c1C=O. The summed E-state index contributed by atoms with van der Waals surface area (Å²) >= 11 is 0. The molecule has 4 nitrogen and oxygen atoms in total. The summed E-state index contributed by atoms with van der Waals surface area (Å²) in [6, 6.07) is 1.55. The van der Waals surface area contributed by atoms with E-state index < -0.39 is 5.97 Å². The number of hydrogen-bond acceptors (Lipinski definition) is 3. The second-order valence-electron chi connectivity index (χ2n) is 2.33. The first-order valence-electron chi connectivity index (χ1n) is 3.39. The van der Waals surface area contributed by atoms with Gasteiger partial charge in [0.05, 0.1) is 18.4 Å². The highest BCUT2D eigenvalue weighted by Crippen LogP contribution is 2.08. The summed E-state index contributed by atoms with van der Waals surface area (Å²) in [5, 5.41) is 0. The largest absolute Gasteiger partial charge is 0.465 e. The van der Waals surface area contributed by atoms with Crippen LogP contribution in [0.25, 0.3) is 0 Å². The van der Waals surface area contributed by atoms with E-state index in [4.69, 9.17) is 0 Å². The summed E-state index contributed by atoms with van der Waals surface area (Å²) in [6.45, 7) is 0. The van der Waals surface area contributed by atoms with Crippen LogP contribution >= 0.6 is 0 Å². The van der Waals surface area contributed by atoms with Crippen molar-refractivity contribution in [2.45, 2.75) is 0 Å². The third kappa shape index (κ3) is 1.23. The number of rotatable bonds is 2. The van der Waals surface area contributed by atoms with Crippen molar-refractivity contribution in [1.82, 2.24) is 4.57 Å². The maximum atomic E-state index is 11.0. The monoisotopic (exact) mass is 167 g/mol. The van der Waals surface area contributed by atoms with Crippen molar-refractivity contribution in [3.63, 3.8) is 0 Å². The van der Waals surface area contributed by atoms with Gasteiger partial charge in [0.1, 0.15) is 0 Å². The minimum Gasteiger partial charge on any atom is -0.465 e. The molecule has 0 aromatic carbocycles. The Hall–Kier alpha value is -1.58. The van der Waals surface area contributed by atoms with Crippen molar-refractivity contribution in [2.75, 3.05) is 7.11 Å². The van der Waals surface area contributed by atoms with Gasteiger partial charge in [-0.1, -0.05) is 0 Å². The molecule has 0 radical (unpaired) electrons. The Bertz CT molecular complexity index is 314. The van der Waals surface area contributed by atoms with E-state index in [1.165, 1.54) is 7.11 Å². The molecule has 0 unspecified atom stereocenters. The summed E-state index contributed by atoms with van der Waals surface area (Å²) in [4.78, 5) is 21.5. The lowest BCUT2D eigenvalue weighted by Crippen LogP contribution is -2.05. The molecule has 64 valence electrons. The number of esters is 1. The van der Waals surface area contributed by atoms with Gasteiger partial charge in [-0.2, -0.15) is 0 Å². The van der Waals surface area contributed by atoms with Gasteiger partial charge in [-0.25, -0.2) is 4.79 Å². The molecule has 0 aliphatic heterocycles. The Labute approximate surface area is 69.7 Å². The van der Waals surface area contributed by atoms with Crippen LogP contribution in [0, 0.1) is 0 Å². The maximum Gasteiger partial charge on any atom is 0.340 e. The normalized spacial score (nSPS) is 9.50. The molecule has 0 spiro atoms. The minimum absolute atomic E-state index is 0.301. The smallest absolute Gasteiger partial charge is 0.340 e. The van der Waals surface area contributed by atoms with E-state index in [-0.39, 0.29) is 0 Å². The van der Waals surface area contributed by atoms with Gasteiger partial charge < -0.3 is 9.30 Å². The molecule has 4 heteroatoms. The first kappa shape index (κ1) is 8.52. The fourth-order valence-corrected chi connectivity index (χ4v) is 0.971. The van der Waals surface area contributed by atoms with Crippen LogP contribution in [0.5, 0.6) is 0 Å². The number of methoxy groups -OCH3 is 1. The highest BCUT2D eigenvalue weighted by molar-refractivity contribution is 5.97. The second-order valence-corrected chi connectivity index (χ2v) is 2.33. The van der Waals surface area contributed by atoms with Crippen LogP contribution < -0.4 is 0 Å². The average molecular weight is 167 g/mol. The Morgan fingerprint density at radius 2 is 2.33 bits per heavy atom. The molecular formula is C8H9NO3. The predicted octanol–water partition coefficient (Wildman–Crippen LogP) is 0.624. The van der Waals surface area contributed by atoms with Gasteiger partial charge in [-0.15, -0.1) is 0 Å². The highest BCUT2D eigenvalue weighted by atomic mass is 16.5. The highest BCUT2D eigenvalue weighted by Gasteiger charge is 2.13. The van der Waals surface area contributed by atoms with Gasteiger partial charge in [-0.3, -0.25) is 4.79 Å². The first-order chi connectivity index (χ1) is 5.70. The number of aromatic nitrogens is 1. The fourth-order valence-electron chi connectivity index (χ4n) is 0.971. The van der Waals surface area contributed by atoms with Crippen molar-refractivity contribution in [2.24, 2.45) is 7.05 Å². The molecule has 0 fully saturated rings. The van der Waals surface area contributed by atoms with Gasteiger partial charge in [-0.05, 0) is 6.07 Å². The molecule has 0 bridgehead atoms. The molecule has 0 saturated heterocycles. The van der Waals surface area contributed by atoms with Crippen molar-refractivity contribution in [3.8, 4) is 0 Å². The molecule has 0 amide bonds. The Morgan fingerprint density at radius 1 is 1.67 bits per heavy atom. The van der Waals surface area contributed by atoms with E-state index in [1.54, 1.807) is 23.9 Å². The van der Waals surface area contributed by atoms with Crippen LogP contribution in [-0.2, 0) is 11.8 Å². The van der Waals surface area contributed by atoms with E-state index in [0.717, 1.165) is 0 Å². The average Bonchev–Trinajstić information content (AvgIpc) is 2.45. The quantitative estimate of drug-likeness (QED) is 0.479. The fraction of sp³-hybridized carbons (Fsp3) is 0.250. The van der Waals surface area contributed by atoms with E-state index in [2.05, 4.69) is 4.74 Å². The van der Waals surface area contributed by atoms with Crippen molar-refractivity contribution < 1.29 is 14.3 Å². The molecular weight excluding hydrogens is 158 g/mol. The van der Waals surface area contributed by atoms with Gasteiger partial charge >= 0.3 is 5.97 Å². The Balaban J connectivity index is 3.15. The molecule has 0 atom stereocenters. The molecule has 1 rings (SSSR count). The van der Waals surface area contributed by atoms with Crippen LogP contribution in [0.1, 0.15) is 20.8 Å². The molecule has 12 heavy (non-hydrogen) atoms. The number of aldehydes is 1. The Kier molecular flexibility index (Phi) is 2.28. The van der Waals surface area contributed by atoms with Crippen LogP contribution in [0.2, 0.25) is 0 Å². The topological polar surface area (TPSA) is 48.3 Å². The lowest BCUT2D eigenvalue weighted by atomic mass is 10.2. The van der Waals surface area contributed by atoms with Gasteiger partial charge in [0.2, 0.25) is 0 Å². The summed E-state index contributed by atoms with van der Waals surface area (Å²) in [6.07, 6.45) is 2.27. The third-order valence-corrected chi connectivity index (χ3v) is 1.64. The van der Waals surface area contributed by atoms with Crippen molar-refractivity contribution in [1.29, 1.82) is 0 Å². The molecule has 0 aliphatic rings. The number of carbonyl (C=O) groups is 2. The molecule has 0 aliphatic carbocycles. The molecule has 1 aromatic rings. The minimum atomic E-state index is -0.488. The summed E-state index contributed by atoms with van der Waals surface area (Å²) in [7, 11) is 2.97. The predicted molar refractivity (Wildman–Crippen MR) is 42.1 cm³/mol. The van der Waals surface area contributed by atoms with E-state index in [1.807, 2.05) is 0 Å². The zero-order valence-electron chi connectivity index (χ0n) is 6.90. The van der Waals surface area contributed by atoms with Gasteiger partial charge in [0.25, 0.3) is 0 Å². The zero-order valence-corrected chi connectivity index (χ0v) is 6.90. The summed E-state index contributed by atoms with van der Waals surface area (Å²) in [5.74, 6) is -0.488. The maximum absolute atomic E-state index is 11.0. The van der Waals surface area contributed by atoms with Crippen LogP contribution in [-0.4, -0.2) is 23.9 Å². The lowest BCUT2D eigenvalue weighted by molar-refractivity contribution is 0.0598. The van der Waals surface area contributed by atoms with Crippen LogP contribution in [0.15, 0.2) is 12.3 Å². The van der Waals surface area contributed by atoms with Crippen molar-refractivity contribution in [3.05, 3.63) is 23.5 Å². The molecule has 0 saturated carbocycles. The van der Waals surface area contributed by atoms with E-state index in [9.17, 15) is 9.59 Å². The second kappa shape index (κ2) is 3.21. The summed E-state index contributed by atoms with van der Waals surface area (Å²) in [5.41, 5.74) is 0.636. The lowest BCUT2D eigenvalue weighted by Gasteiger charge is -1.97. The van der Waals surface area contributed by atoms with Crippen LogP contribution in [0.3, 0.4) is 0 Å². The third-order valence-electron chi connectivity index (χ3n) is 1.64. The van der Waals surface area contributed by atoms with Crippen LogP contribution in [0.4, 0.5) is 0 Å². The molecule has 0 N–H and O–H groups in total. The van der Waals surface area contributed by atoms with Crippen molar-refractivity contribution >= 4 is 12.3 Å². The standard InChI is InChI=1S/C8H9NO3/c1-9-4-3-6(7(9)5-10)8(11)12-2/h3-5H,1-2H3. The first-order valence-corrected chi connectivity index (χ1v) is 3.39. The number of carbonyl (C=O) groups excluding carboxylic acids is 2. The molecule has 1 aromatic heterocycles.